The number of ketones is 4. The molecule has 0 radical (unpaired) electrons. The number of phenols is 1. The number of nitrogens with zero attached hydrogens (tertiary/aromatic N) is 2. The summed E-state index contributed by atoms with van der Waals surface area (Å²) in [6.45, 7) is 0.201. The summed E-state index contributed by atoms with van der Waals surface area (Å²) in [5.41, 5.74) is 4.04. The highest BCUT2D eigenvalue weighted by Gasteiger charge is 2.69. The minimum atomic E-state index is -2.82. The normalized spacial score (nSPS) is 27.7. The molecular weight excluding hydrogens is 570 g/mol. The minimum absolute atomic E-state index is 0.0561. The second-order valence-electron chi connectivity index (χ2n) is 12.1. The van der Waals surface area contributed by atoms with Crippen LogP contribution < -0.4 is 21.3 Å². The predicted octanol–water partition coefficient (Wildman–Crippen LogP) is 0.255. The molecule has 6 atom stereocenters. The Morgan fingerprint density at radius 2 is 1.70 bits per heavy atom. The maximum atomic E-state index is 14.1. The number of nitrogens with two attached hydrogens (primary N) is 1. The van der Waals surface area contributed by atoms with Crippen LogP contribution in [0, 0.1) is 23.7 Å². The molecule has 5 rings (SSSR count). The van der Waals surface area contributed by atoms with Crippen LogP contribution in [-0.4, -0.2) is 90.0 Å². The molecule has 13 heteroatoms. The molecule has 2 aromatic rings. The van der Waals surface area contributed by atoms with Crippen molar-refractivity contribution in [1.82, 2.24) is 10.2 Å². The standard InChI is InChI=1S/C31H35N5O8/c1-35(2)19-12-18(34-30(43)33-13-14-8-6-5-7-9-14)24(37)21-16(19)10-15-11-17-23(36(3)4)26(39)22(29(32)42)28(41)31(17,44)27(40)20(15)25(21)38/h5-9,12,15,17,20,22-23,37,44H,10-11,13H2,1-4H3,(H2,32,42)(H2,33,34,43)/t15-,17-,20?,22?,23-,31-/m0/s1. The Balaban J connectivity index is 1.54. The molecule has 3 aliphatic carbocycles. The molecule has 0 aliphatic heterocycles. The van der Waals surface area contributed by atoms with Crippen molar-refractivity contribution in [3.63, 3.8) is 0 Å². The van der Waals surface area contributed by atoms with Crippen LogP contribution in [0.25, 0.3) is 0 Å². The number of amides is 3. The molecule has 6 N–H and O–H groups in total. The summed E-state index contributed by atoms with van der Waals surface area (Å²) in [4.78, 5) is 82.9. The molecule has 0 bridgehead atoms. The third kappa shape index (κ3) is 4.72. The lowest BCUT2D eigenvalue weighted by Crippen LogP contribution is -2.74. The largest absolute Gasteiger partial charge is 0.505 e. The quantitative estimate of drug-likeness (QED) is 0.225. The highest BCUT2D eigenvalue weighted by atomic mass is 16.3. The number of aromatic hydroxyl groups is 1. The molecule has 2 aromatic carbocycles. The second kappa shape index (κ2) is 11.1. The molecule has 3 amide bonds. The van der Waals surface area contributed by atoms with Crippen LogP contribution in [0.15, 0.2) is 36.4 Å². The fourth-order valence-electron chi connectivity index (χ4n) is 7.09. The van der Waals surface area contributed by atoms with Crippen molar-refractivity contribution >= 4 is 46.4 Å². The van der Waals surface area contributed by atoms with Crippen molar-refractivity contribution in [2.75, 3.05) is 38.4 Å². The third-order valence-electron chi connectivity index (χ3n) is 9.06. The average Bonchev–Trinajstić information content (AvgIpc) is 2.95. The Morgan fingerprint density at radius 1 is 1.05 bits per heavy atom. The van der Waals surface area contributed by atoms with Gasteiger partial charge < -0.3 is 31.5 Å². The first-order valence-electron chi connectivity index (χ1n) is 14.2. The van der Waals surface area contributed by atoms with Crippen LogP contribution in [0.2, 0.25) is 0 Å². The Morgan fingerprint density at radius 3 is 2.30 bits per heavy atom. The number of likely N-dealkylation sites (N-methyl/N-ethyl adjacent to an activating group) is 1. The van der Waals surface area contributed by atoms with Gasteiger partial charge in [0.25, 0.3) is 0 Å². The number of primary amides is 1. The lowest BCUT2D eigenvalue weighted by atomic mass is 9.52. The number of hydrogen-bond acceptors (Lipinski definition) is 10. The maximum Gasteiger partial charge on any atom is 0.319 e. The van der Waals surface area contributed by atoms with Gasteiger partial charge in [0.15, 0.2) is 34.7 Å². The number of fused-ring (bicyclic) bond motifs is 3. The van der Waals surface area contributed by atoms with Crippen LogP contribution in [0.3, 0.4) is 0 Å². The smallest absolute Gasteiger partial charge is 0.319 e. The number of phenolic OH excluding ortho intramolecular Hbond substituents is 1. The Bertz CT molecular complexity index is 1590. The lowest BCUT2D eigenvalue weighted by molar-refractivity contribution is -0.181. The van der Waals surface area contributed by atoms with Crippen LogP contribution >= 0.6 is 0 Å². The minimum Gasteiger partial charge on any atom is -0.505 e. The van der Waals surface area contributed by atoms with E-state index in [4.69, 9.17) is 5.73 Å². The van der Waals surface area contributed by atoms with Crippen molar-refractivity contribution in [3.8, 4) is 5.75 Å². The molecular formula is C31H35N5O8. The number of aliphatic hydroxyl groups is 1. The van der Waals surface area contributed by atoms with Crippen LogP contribution in [-0.2, 0) is 32.1 Å². The lowest BCUT2D eigenvalue weighted by Gasteiger charge is -2.52. The number of hydrogen-bond donors (Lipinski definition) is 5. The van der Waals surface area contributed by atoms with Crippen molar-refractivity contribution in [1.29, 1.82) is 0 Å². The molecule has 232 valence electrons. The fourth-order valence-corrected chi connectivity index (χ4v) is 7.09. The Hall–Kier alpha value is -4.62. The Labute approximate surface area is 253 Å². The van der Waals surface area contributed by atoms with Crippen molar-refractivity contribution in [3.05, 3.63) is 53.1 Å². The molecule has 0 saturated heterocycles. The zero-order valence-electron chi connectivity index (χ0n) is 24.8. The van der Waals surface area contributed by atoms with E-state index in [2.05, 4.69) is 10.6 Å². The number of carbonyl (C=O) groups is 6. The summed E-state index contributed by atoms with van der Waals surface area (Å²) >= 11 is 0. The van der Waals surface area contributed by atoms with E-state index in [0.717, 1.165) is 5.56 Å². The molecule has 44 heavy (non-hydrogen) atoms. The molecule has 13 nitrogen and oxygen atoms in total. The molecule has 2 unspecified atom stereocenters. The number of carbonyl (C=O) groups excluding carboxylic acids is 6. The van der Waals surface area contributed by atoms with Gasteiger partial charge in [-0.2, -0.15) is 0 Å². The number of nitrogens with one attached hydrogen (secondary N) is 2. The summed E-state index contributed by atoms with van der Waals surface area (Å²) in [5, 5.41) is 28.3. The first-order chi connectivity index (χ1) is 20.7. The predicted molar refractivity (Wildman–Crippen MR) is 158 cm³/mol. The van der Waals surface area contributed by atoms with E-state index in [1.165, 1.54) is 25.1 Å². The molecule has 0 spiro atoms. The van der Waals surface area contributed by atoms with Gasteiger partial charge in [0, 0.05) is 32.2 Å². The zero-order chi connectivity index (χ0) is 32.2. The van der Waals surface area contributed by atoms with Gasteiger partial charge in [0.05, 0.1) is 23.2 Å². The van der Waals surface area contributed by atoms with E-state index in [1.54, 1.807) is 19.0 Å². The topological polar surface area (TPSA) is 199 Å². The van der Waals surface area contributed by atoms with E-state index < -0.39 is 76.1 Å². The molecule has 2 fully saturated rings. The van der Waals surface area contributed by atoms with E-state index in [1.807, 2.05) is 30.3 Å². The first-order valence-corrected chi connectivity index (χ1v) is 14.2. The van der Waals surface area contributed by atoms with Crippen molar-refractivity contribution in [2.45, 2.75) is 31.0 Å². The summed E-state index contributed by atoms with van der Waals surface area (Å²) in [6.07, 6.45) is 0.0484. The summed E-state index contributed by atoms with van der Waals surface area (Å²) in [5.74, 6) is -11.5. The summed E-state index contributed by atoms with van der Waals surface area (Å²) < 4.78 is 0. The number of anilines is 2. The number of rotatable bonds is 6. The maximum absolute atomic E-state index is 14.1. The number of urea groups is 1. The highest BCUT2D eigenvalue weighted by molar-refractivity contribution is 6.32. The monoisotopic (exact) mass is 605 g/mol. The van der Waals surface area contributed by atoms with Gasteiger partial charge in [-0.25, -0.2) is 4.79 Å². The number of benzene rings is 2. The molecule has 3 aliphatic rings. The van der Waals surface area contributed by atoms with Gasteiger partial charge in [-0.05, 0) is 50.0 Å². The van der Waals surface area contributed by atoms with Gasteiger partial charge in [-0.15, -0.1) is 0 Å². The van der Waals surface area contributed by atoms with Crippen molar-refractivity contribution < 1.29 is 39.0 Å². The first kappa shape index (κ1) is 30.8. The van der Waals surface area contributed by atoms with Crippen LogP contribution in [0.5, 0.6) is 5.75 Å². The fraction of sp³-hybridized carbons (Fsp3) is 0.419. The average molecular weight is 606 g/mol. The van der Waals surface area contributed by atoms with E-state index >= 15 is 0 Å². The van der Waals surface area contributed by atoms with Gasteiger partial charge in [0.1, 0.15) is 5.75 Å². The number of Topliss-reactive ketones (excluding diaryl/α,β-unsaturated/α-hetero) is 4. The SMILES string of the molecule is CN(C)c1cc(NC(=O)NCc2ccccc2)c(O)c2c1C[C@H]1C[C@H]3[C@H](N(C)C)C(=O)C(C(N)=O)C(=O)[C@@]3(O)C(=O)C1C2=O. The van der Waals surface area contributed by atoms with Crippen LogP contribution in [0.4, 0.5) is 16.2 Å². The molecule has 0 heterocycles. The zero-order valence-corrected chi connectivity index (χ0v) is 24.8. The van der Waals surface area contributed by atoms with Gasteiger partial charge in [-0.1, -0.05) is 30.3 Å². The second-order valence-corrected chi connectivity index (χ2v) is 12.1. The third-order valence-corrected chi connectivity index (χ3v) is 9.06. The Kier molecular flexibility index (Phi) is 7.80. The highest BCUT2D eigenvalue weighted by Crippen LogP contribution is 2.52. The summed E-state index contributed by atoms with van der Waals surface area (Å²) in [7, 11) is 6.50. The van der Waals surface area contributed by atoms with E-state index in [-0.39, 0.29) is 30.6 Å². The molecule has 2 saturated carbocycles. The van der Waals surface area contributed by atoms with E-state index in [0.29, 0.717) is 11.3 Å². The molecule has 0 aromatic heterocycles. The summed E-state index contributed by atoms with van der Waals surface area (Å²) in [6, 6.07) is 8.85. The van der Waals surface area contributed by atoms with Gasteiger partial charge in [0.2, 0.25) is 5.91 Å². The van der Waals surface area contributed by atoms with Crippen LogP contribution in [0.1, 0.15) is 27.9 Å². The van der Waals surface area contributed by atoms with Crippen molar-refractivity contribution in [2.24, 2.45) is 29.4 Å². The van der Waals surface area contributed by atoms with Gasteiger partial charge in [-0.3, -0.25) is 28.9 Å². The van der Waals surface area contributed by atoms with Gasteiger partial charge >= 0.3 is 6.03 Å². The van der Waals surface area contributed by atoms with E-state index in [9.17, 15) is 39.0 Å².